The highest BCUT2D eigenvalue weighted by Crippen LogP contribution is 2.38. The fourth-order valence-electron chi connectivity index (χ4n) is 5.79. The molecule has 158 valence electrons. The lowest BCUT2D eigenvalue weighted by Crippen LogP contribution is -2.41. The van der Waals surface area contributed by atoms with Crippen molar-refractivity contribution in [2.45, 2.75) is 45.4 Å². The molecule has 0 spiro atoms. The van der Waals surface area contributed by atoms with E-state index in [-0.39, 0.29) is 0 Å². The average molecular weight is 426 g/mol. The summed E-state index contributed by atoms with van der Waals surface area (Å²) in [6.07, 6.45) is 11.7. The van der Waals surface area contributed by atoms with E-state index in [1.807, 2.05) is 0 Å². The smallest absolute Gasteiger partial charge is 0.0506 e. The molecular weight excluding hydrogens is 389 g/mol. The van der Waals surface area contributed by atoms with Crippen molar-refractivity contribution >= 4 is 23.2 Å². The maximum atomic E-state index is 6.30. The number of rotatable bonds is 8. The third-order valence-corrected chi connectivity index (χ3v) is 8.08. The minimum atomic E-state index is 0.782. The summed E-state index contributed by atoms with van der Waals surface area (Å²) in [4.78, 5) is 8.11. The Morgan fingerprint density at radius 3 is 2.07 bits per heavy atom. The van der Waals surface area contributed by atoms with Crippen molar-refractivity contribution in [3.8, 4) is 0 Å². The highest BCUT2D eigenvalue weighted by Gasteiger charge is 2.36. The summed E-state index contributed by atoms with van der Waals surface area (Å²) in [5.41, 5.74) is 0. The van der Waals surface area contributed by atoms with E-state index in [2.05, 4.69) is 33.8 Å². The maximum absolute atomic E-state index is 6.30. The summed E-state index contributed by atoms with van der Waals surface area (Å²) in [6, 6.07) is 0. The number of unbranched alkanes of at least 4 members (excludes halogenated alkanes) is 1. The van der Waals surface area contributed by atoms with Gasteiger partial charge in [-0.2, -0.15) is 0 Å². The van der Waals surface area contributed by atoms with E-state index in [1.165, 1.54) is 71.5 Å². The molecule has 4 rings (SSSR count). The molecule has 0 bridgehead atoms. The number of likely N-dealkylation sites (tertiary alicyclic amines) is 2. The van der Waals surface area contributed by atoms with Crippen molar-refractivity contribution in [1.82, 2.24) is 14.7 Å². The normalized spacial score (nSPS) is 33.7. The number of fused-ring (bicyclic) bond motifs is 2. The quantitative estimate of drug-likeness (QED) is 0.542. The Labute approximate surface area is 181 Å². The van der Waals surface area contributed by atoms with Gasteiger partial charge in [0.15, 0.2) is 0 Å². The summed E-state index contributed by atoms with van der Waals surface area (Å²) in [5.74, 6) is 3.24. The second-order valence-corrected chi connectivity index (χ2v) is 10.6. The second kappa shape index (κ2) is 9.83. The van der Waals surface area contributed by atoms with Gasteiger partial charge in [-0.15, -0.1) is 0 Å². The Hall–Kier alpha value is -0.0600. The van der Waals surface area contributed by atoms with Crippen molar-refractivity contribution in [3.63, 3.8) is 0 Å². The number of hydrogen-bond acceptors (Lipinski definition) is 3. The van der Waals surface area contributed by atoms with Gasteiger partial charge in [0.05, 0.1) is 6.67 Å². The summed E-state index contributed by atoms with van der Waals surface area (Å²) in [7, 11) is 0. The Morgan fingerprint density at radius 1 is 0.857 bits per heavy atom. The number of halogens is 2. The molecule has 0 N–H and O–H groups in total. The van der Waals surface area contributed by atoms with Gasteiger partial charge in [-0.1, -0.05) is 48.7 Å². The number of allylic oxidation sites excluding steroid dienone is 4. The molecular formula is C23H37Cl2N3. The van der Waals surface area contributed by atoms with Crippen molar-refractivity contribution < 1.29 is 0 Å². The van der Waals surface area contributed by atoms with Crippen LogP contribution in [0.4, 0.5) is 0 Å². The van der Waals surface area contributed by atoms with Crippen LogP contribution in [-0.4, -0.2) is 67.2 Å². The molecule has 4 aliphatic rings. The van der Waals surface area contributed by atoms with Crippen LogP contribution < -0.4 is 0 Å². The molecule has 0 aromatic heterocycles. The predicted octanol–water partition coefficient (Wildman–Crippen LogP) is 4.98. The minimum absolute atomic E-state index is 0.782. The number of hydrogen-bond donors (Lipinski definition) is 0. The first-order valence-corrected chi connectivity index (χ1v) is 12.2. The van der Waals surface area contributed by atoms with Gasteiger partial charge in [0, 0.05) is 49.3 Å². The molecule has 0 radical (unpaired) electrons. The molecule has 2 fully saturated rings. The van der Waals surface area contributed by atoms with Crippen LogP contribution in [0, 0.1) is 23.7 Å². The van der Waals surface area contributed by atoms with E-state index in [0.717, 1.165) is 53.2 Å². The van der Waals surface area contributed by atoms with Gasteiger partial charge in [0.25, 0.3) is 0 Å². The molecule has 0 aromatic carbocycles. The zero-order valence-corrected chi connectivity index (χ0v) is 19.0. The molecule has 3 nitrogen and oxygen atoms in total. The van der Waals surface area contributed by atoms with Crippen LogP contribution >= 0.6 is 23.2 Å². The van der Waals surface area contributed by atoms with Crippen LogP contribution in [0.3, 0.4) is 0 Å². The Bertz CT molecular complexity index is 590. The highest BCUT2D eigenvalue weighted by atomic mass is 35.5. The minimum Gasteiger partial charge on any atom is -0.301 e. The first-order chi connectivity index (χ1) is 13.6. The molecule has 2 aliphatic carbocycles. The van der Waals surface area contributed by atoms with E-state index in [9.17, 15) is 0 Å². The van der Waals surface area contributed by atoms with E-state index in [1.54, 1.807) is 0 Å². The molecule has 4 atom stereocenters. The first kappa shape index (κ1) is 21.2. The molecule has 2 heterocycles. The van der Waals surface area contributed by atoms with Gasteiger partial charge in [-0.25, -0.2) is 0 Å². The van der Waals surface area contributed by atoms with E-state index in [4.69, 9.17) is 23.2 Å². The van der Waals surface area contributed by atoms with Crippen molar-refractivity contribution in [1.29, 1.82) is 0 Å². The summed E-state index contributed by atoms with van der Waals surface area (Å²) in [5, 5.41) is 2.19. The van der Waals surface area contributed by atoms with Gasteiger partial charge >= 0.3 is 0 Å². The molecule has 0 aromatic rings. The summed E-state index contributed by atoms with van der Waals surface area (Å²) >= 11 is 12.6. The molecule has 0 saturated carbocycles. The largest absolute Gasteiger partial charge is 0.301 e. The maximum Gasteiger partial charge on any atom is 0.0506 e. The fraction of sp³-hybridized carbons (Fsp3) is 0.826. The Balaban J connectivity index is 1.25. The Kier molecular flexibility index (Phi) is 7.44. The first-order valence-electron chi connectivity index (χ1n) is 11.5. The van der Waals surface area contributed by atoms with E-state index >= 15 is 0 Å². The predicted molar refractivity (Wildman–Crippen MR) is 120 cm³/mol. The SMILES string of the molecule is CCCCN(CCN1C[C@H]2CC(Cl)=CC[C@H]2C1)CN1C[C@H]2CC(Cl)=CC[C@H]2C1. The molecule has 0 amide bonds. The third-order valence-electron chi connectivity index (χ3n) is 7.46. The van der Waals surface area contributed by atoms with Crippen molar-refractivity contribution in [2.24, 2.45) is 23.7 Å². The molecule has 2 aliphatic heterocycles. The molecule has 5 heteroatoms. The zero-order chi connectivity index (χ0) is 19.5. The Morgan fingerprint density at radius 2 is 1.43 bits per heavy atom. The lowest BCUT2D eigenvalue weighted by molar-refractivity contribution is 0.131. The van der Waals surface area contributed by atoms with Gasteiger partial charge in [0.2, 0.25) is 0 Å². The van der Waals surface area contributed by atoms with E-state index in [0.29, 0.717) is 0 Å². The van der Waals surface area contributed by atoms with Crippen LogP contribution in [0.2, 0.25) is 0 Å². The molecule has 2 saturated heterocycles. The van der Waals surface area contributed by atoms with Crippen molar-refractivity contribution in [3.05, 3.63) is 22.2 Å². The highest BCUT2D eigenvalue weighted by molar-refractivity contribution is 6.29. The van der Waals surface area contributed by atoms with Crippen LogP contribution in [0.25, 0.3) is 0 Å². The topological polar surface area (TPSA) is 9.72 Å². The van der Waals surface area contributed by atoms with Crippen LogP contribution in [0.5, 0.6) is 0 Å². The lowest BCUT2D eigenvalue weighted by atomic mass is 9.86. The molecule has 0 unspecified atom stereocenters. The van der Waals surface area contributed by atoms with Gasteiger partial charge in [-0.3, -0.25) is 9.80 Å². The standard InChI is InChI=1S/C23H37Cl2N3/c1-2-3-8-26(17-28-14-19-5-7-23(25)12-21(19)16-28)9-10-27-13-18-4-6-22(24)11-20(18)15-27/h6-7,18-21H,2-5,8-17H2,1H3/t18-,19-,20+,21+/m0/s1. The second-order valence-electron chi connectivity index (χ2n) is 9.63. The summed E-state index contributed by atoms with van der Waals surface area (Å²) in [6.45, 7) is 12.1. The average Bonchev–Trinajstić information content (AvgIpc) is 3.25. The zero-order valence-electron chi connectivity index (χ0n) is 17.5. The lowest BCUT2D eigenvalue weighted by Gasteiger charge is -2.29. The van der Waals surface area contributed by atoms with E-state index < -0.39 is 0 Å². The van der Waals surface area contributed by atoms with Gasteiger partial charge < -0.3 is 4.90 Å². The monoisotopic (exact) mass is 425 g/mol. The van der Waals surface area contributed by atoms with Crippen LogP contribution in [0.1, 0.15) is 45.4 Å². The summed E-state index contributed by atoms with van der Waals surface area (Å²) < 4.78 is 0. The van der Waals surface area contributed by atoms with Gasteiger partial charge in [-0.05, 0) is 62.3 Å². The van der Waals surface area contributed by atoms with Crippen LogP contribution in [0.15, 0.2) is 22.2 Å². The van der Waals surface area contributed by atoms with Crippen molar-refractivity contribution in [2.75, 3.05) is 52.5 Å². The number of nitrogens with zero attached hydrogens (tertiary/aromatic N) is 3. The van der Waals surface area contributed by atoms with Gasteiger partial charge in [0.1, 0.15) is 0 Å². The molecule has 28 heavy (non-hydrogen) atoms. The van der Waals surface area contributed by atoms with Crippen LogP contribution in [-0.2, 0) is 0 Å². The fourth-order valence-corrected chi connectivity index (χ4v) is 6.37. The third kappa shape index (κ3) is 5.35.